The zero-order valence-corrected chi connectivity index (χ0v) is 11.1. The van der Waals surface area contributed by atoms with Crippen LogP contribution < -0.4 is 0 Å². The van der Waals surface area contributed by atoms with Crippen LogP contribution in [0.2, 0.25) is 5.15 Å². The van der Waals surface area contributed by atoms with Gasteiger partial charge in [-0.25, -0.2) is 9.78 Å². The number of ether oxygens (including phenoxy) is 1. The first kappa shape index (κ1) is 14.4. The number of hydrogen-bond donors (Lipinski definition) is 0. The highest BCUT2D eigenvalue weighted by Gasteiger charge is 2.13. The maximum Gasteiger partial charge on any atom is 0.409 e. The Morgan fingerprint density at radius 2 is 2.17 bits per heavy atom. The molecule has 0 fully saturated rings. The third kappa shape index (κ3) is 4.33. The Hall–Kier alpha value is -1.62. The second-order valence-electron chi connectivity index (χ2n) is 3.64. The standard InChI is InChI=1S/C12H15ClN2O3/c1-3-18-12(17)15(2)8-7-10(16)9-5-4-6-11(13)14-9/h4-6H,3,7-8H2,1-2H3. The van der Waals surface area contributed by atoms with Gasteiger partial charge in [-0.05, 0) is 19.1 Å². The fourth-order valence-corrected chi connectivity index (χ4v) is 1.45. The van der Waals surface area contributed by atoms with E-state index >= 15 is 0 Å². The molecule has 1 rings (SSSR count). The average Bonchev–Trinajstić information content (AvgIpc) is 2.35. The molecule has 1 heterocycles. The number of hydrogen-bond acceptors (Lipinski definition) is 4. The summed E-state index contributed by atoms with van der Waals surface area (Å²) in [5, 5.41) is 0.277. The van der Waals surface area contributed by atoms with Crippen molar-refractivity contribution >= 4 is 23.5 Å². The molecule has 0 aliphatic carbocycles. The van der Waals surface area contributed by atoms with Crippen LogP contribution in [0.3, 0.4) is 0 Å². The minimum Gasteiger partial charge on any atom is -0.450 e. The fourth-order valence-electron chi connectivity index (χ4n) is 1.29. The van der Waals surface area contributed by atoms with Gasteiger partial charge in [-0.15, -0.1) is 0 Å². The Morgan fingerprint density at radius 3 is 2.78 bits per heavy atom. The predicted octanol–water partition coefficient (Wildman–Crippen LogP) is 2.40. The van der Waals surface area contributed by atoms with Crippen molar-refractivity contribution in [1.29, 1.82) is 0 Å². The maximum absolute atomic E-state index is 11.8. The quantitative estimate of drug-likeness (QED) is 0.609. The molecule has 1 aromatic rings. The Kier molecular flexibility index (Phi) is 5.58. The van der Waals surface area contributed by atoms with E-state index < -0.39 is 6.09 Å². The summed E-state index contributed by atoms with van der Waals surface area (Å²) in [5.41, 5.74) is 0.305. The number of rotatable bonds is 5. The maximum atomic E-state index is 11.8. The number of pyridine rings is 1. The van der Waals surface area contributed by atoms with Crippen LogP contribution in [0.5, 0.6) is 0 Å². The Balaban J connectivity index is 2.49. The van der Waals surface area contributed by atoms with Crippen molar-refractivity contribution in [2.45, 2.75) is 13.3 Å². The van der Waals surface area contributed by atoms with E-state index in [0.29, 0.717) is 12.3 Å². The van der Waals surface area contributed by atoms with Crippen LogP contribution in [-0.4, -0.2) is 42.0 Å². The molecule has 0 saturated carbocycles. The van der Waals surface area contributed by atoms with Gasteiger partial charge >= 0.3 is 6.09 Å². The summed E-state index contributed by atoms with van der Waals surface area (Å²) in [6.07, 6.45) is -0.257. The molecular weight excluding hydrogens is 256 g/mol. The number of Topliss-reactive ketones (excluding diaryl/α,β-unsaturated/α-hetero) is 1. The molecule has 0 radical (unpaired) electrons. The summed E-state index contributed by atoms with van der Waals surface area (Å²) < 4.78 is 4.80. The van der Waals surface area contributed by atoms with Crippen molar-refractivity contribution in [3.05, 3.63) is 29.0 Å². The van der Waals surface area contributed by atoms with E-state index in [-0.39, 0.29) is 23.9 Å². The lowest BCUT2D eigenvalue weighted by Crippen LogP contribution is -2.29. The topological polar surface area (TPSA) is 59.5 Å². The van der Waals surface area contributed by atoms with Gasteiger partial charge in [0.15, 0.2) is 5.78 Å². The van der Waals surface area contributed by atoms with Crippen LogP contribution in [0.25, 0.3) is 0 Å². The Bertz CT molecular complexity index is 437. The van der Waals surface area contributed by atoms with Crippen molar-refractivity contribution in [2.75, 3.05) is 20.2 Å². The lowest BCUT2D eigenvalue weighted by atomic mass is 10.2. The number of amides is 1. The monoisotopic (exact) mass is 270 g/mol. The number of nitrogens with zero attached hydrogens (tertiary/aromatic N) is 2. The molecule has 1 amide bonds. The normalized spacial score (nSPS) is 9.94. The van der Waals surface area contributed by atoms with Gasteiger partial charge in [0.2, 0.25) is 0 Å². The summed E-state index contributed by atoms with van der Waals surface area (Å²) in [4.78, 5) is 28.4. The van der Waals surface area contributed by atoms with Crippen molar-refractivity contribution in [2.24, 2.45) is 0 Å². The highest BCUT2D eigenvalue weighted by Crippen LogP contribution is 2.07. The lowest BCUT2D eigenvalue weighted by Gasteiger charge is -2.15. The van der Waals surface area contributed by atoms with Crippen molar-refractivity contribution < 1.29 is 14.3 Å². The van der Waals surface area contributed by atoms with Crippen LogP contribution in [0.4, 0.5) is 4.79 Å². The number of aromatic nitrogens is 1. The van der Waals surface area contributed by atoms with Gasteiger partial charge in [0.05, 0.1) is 6.61 Å². The van der Waals surface area contributed by atoms with E-state index in [2.05, 4.69) is 4.98 Å². The third-order valence-corrected chi connectivity index (χ3v) is 2.47. The molecule has 98 valence electrons. The van der Waals surface area contributed by atoms with Gasteiger partial charge in [-0.2, -0.15) is 0 Å². The smallest absolute Gasteiger partial charge is 0.409 e. The van der Waals surface area contributed by atoms with E-state index in [1.165, 1.54) is 4.90 Å². The molecule has 0 aromatic carbocycles. The molecule has 0 aliphatic rings. The number of ketones is 1. The predicted molar refractivity (Wildman–Crippen MR) is 67.8 cm³/mol. The number of carbonyl (C=O) groups is 2. The largest absolute Gasteiger partial charge is 0.450 e. The molecule has 5 nitrogen and oxygen atoms in total. The molecular formula is C12H15ClN2O3. The summed E-state index contributed by atoms with van der Waals surface area (Å²) in [6.45, 7) is 2.33. The number of carbonyl (C=O) groups excluding carboxylic acids is 2. The summed E-state index contributed by atoms with van der Waals surface area (Å²) in [6, 6.07) is 4.86. The van der Waals surface area contributed by atoms with Crippen LogP contribution in [0.15, 0.2) is 18.2 Å². The van der Waals surface area contributed by atoms with Crippen molar-refractivity contribution in [1.82, 2.24) is 9.88 Å². The molecule has 0 N–H and O–H groups in total. The van der Waals surface area contributed by atoms with Gasteiger partial charge in [0.1, 0.15) is 10.8 Å². The zero-order valence-electron chi connectivity index (χ0n) is 10.4. The first-order chi connectivity index (χ1) is 8.54. The SMILES string of the molecule is CCOC(=O)N(C)CCC(=O)c1cccc(Cl)n1. The summed E-state index contributed by atoms with van der Waals surface area (Å²) >= 11 is 5.70. The van der Waals surface area contributed by atoms with E-state index in [9.17, 15) is 9.59 Å². The molecule has 6 heteroatoms. The first-order valence-corrected chi connectivity index (χ1v) is 5.96. The summed E-state index contributed by atoms with van der Waals surface area (Å²) in [5.74, 6) is -0.159. The van der Waals surface area contributed by atoms with Gasteiger partial charge in [-0.1, -0.05) is 17.7 Å². The molecule has 0 aliphatic heterocycles. The molecule has 0 atom stereocenters. The van der Waals surface area contributed by atoms with Gasteiger partial charge in [0, 0.05) is 20.0 Å². The molecule has 0 bridgehead atoms. The van der Waals surface area contributed by atoms with E-state index in [4.69, 9.17) is 16.3 Å². The van der Waals surface area contributed by atoms with Crippen LogP contribution in [0.1, 0.15) is 23.8 Å². The second-order valence-corrected chi connectivity index (χ2v) is 4.03. The highest BCUT2D eigenvalue weighted by atomic mass is 35.5. The van der Waals surface area contributed by atoms with E-state index in [0.717, 1.165) is 0 Å². The third-order valence-electron chi connectivity index (χ3n) is 2.25. The van der Waals surface area contributed by atoms with Crippen molar-refractivity contribution in [3.63, 3.8) is 0 Å². The average molecular weight is 271 g/mol. The van der Waals surface area contributed by atoms with Gasteiger partial charge < -0.3 is 9.64 Å². The lowest BCUT2D eigenvalue weighted by molar-refractivity contribution is 0.0943. The second kappa shape index (κ2) is 6.96. The van der Waals surface area contributed by atoms with Gasteiger partial charge in [0.25, 0.3) is 0 Å². The molecule has 0 spiro atoms. The molecule has 0 saturated heterocycles. The van der Waals surface area contributed by atoms with Crippen LogP contribution in [-0.2, 0) is 4.74 Å². The van der Waals surface area contributed by atoms with Crippen LogP contribution in [0, 0.1) is 0 Å². The minimum absolute atomic E-state index is 0.159. The highest BCUT2D eigenvalue weighted by molar-refractivity contribution is 6.29. The van der Waals surface area contributed by atoms with Crippen LogP contribution >= 0.6 is 11.6 Å². The van der Waals surface area contributed by atoms with Crippen molar-refractivity contribution in [3.8, 4) is 0 Å². The van der Waals surface area contributed by atoms with E-state index in [1.54, 1.807) is 32.2 Å². The molecule has 1 aromatic heterocycles. The first-order valence-electron chi connectivity index (χ1n) is 5.58. The fraction of sp³-hybridized carbons (Fsp3) is 0.417. The van der Waals surface area contributed by atoms with E-state index in [1.807, 2.05) is 0 Å². The Morgan fingerprint density at radius 1 is 1.44 bits per heavy atom. The Labute approximate surface area is 111 Å². The minimum atomic E-state index is -0.440. The summed E-state index contributed by atoms with van der Waals surface area (Å²) in [7, 11) is 1.58. The molecule has 0 unspecified atom stereocenters. The van der Waals surface area contributed by atoms with Gasteiger partial charge in [-0.3, -0.25) is 4.79 Å². The zero-order chi connectivity index (χ0) is 13.5. The molecule has 18 heavy (non-hydrogen) atoms. The number of halogens is 1.